The number of pyridine rings is 3. The molecule has 0 aromatic carbocycles. The first-order valence-corrected chi connectivity index (χ1v) is 8.80. The summed E-state index contributed by atoms with van der Waals surface area (Å²) in [6, 6.07) is 8.89. The Labute approximate surface area is 167 Å². The Bertz CT molecular complexity index is 1030. The SMILES string of the molecule is COC(=O)Nc1cc(-c2cc(-c3cc(N)cnc3C)cc(OCCO)n2)ccn1. The quantitative estimate of drug-likeness (QED) is 0.580. The van der Waals surface area contributed by atoms with Gasteiger partial charge in [0.1, 0.15) is 12.4 Å². The van der Waals surface area contributed by atoms with Gasteiger partial charge in [-0.1, -0.05) is 0 Å². The molecule has 0 atom stereocenters. The minimum atomic E-state index is -0.621. The highest BCUT2D eigenvalue weighted by atomic mass is 16.5. The minimum Gasteiger partial charge on any atom is -0.475 e. The zero-order valence-electron chi connectivity index (χ0n) is 16.0. The number of aliphatic hydroxyl groups excluding tert-OH is 1. The van der Waals surface area contributed by atoms with Crippen LogP contribution in [0.4, 0.5) is 16.3 Å². The lowest BCUT2D eigenvalue weighted by atomic mass is 10.0. The van der Waals surface area contributed by atoms with Crippen LogP contribution in [-0.2, 0) is 4.74 Å². The van der Waals surface area contributed by atoms with E-state index in [1.54, 1.807) is 30.6 Å². The molecule has 0 saturated heterocycles. The van der Waals surface area contributed by atoms with E-state index >= 15 is 0 Å². The predicted octanol–water partition coefficient (Wildman–Crippen LogP) is 2.65. The third-order valence-electron chi connectivity index (χ3n) is 4.03. The molecule has 0 fully saturated rings. The van der Waals surface area contributed by atoms with Crippen molar-refractivity contribution in [3.8, 4) is 28.3 Å². The molecule has 3 heterocycles. The van der Waals surface area contributed by atoms with Crippen LogP contribution in [0.5, 0.6) is 5.88 Å². The van der Waals surface area contributed by atoms with Crippen LogP contribution < -0.4 is 15.8 Å². The van der Waals surface area contributed by atoms with Crippen LogP contribution in [0.2, 0.25) is 0 Å². The number of carbonyl (C=O) groups excluding carboxylic acids is 1. The van der Waals surface area contributed by atoms with Gasteiger partial charge in [-0.25, -0.2) is 14.8 Å². The fraction of sp³-hybridized carbons (Fsp3) is 0.200. The van der Waals surface area contributed by atoms with E-state index in [-0.39, 0.29) is 13.2 Å². The number of anilines is 2. The monoisotopic (exact) mass is 395 g/mol. The summed E-state index contributed by atoms with van der Waals surface area (Å²) in [5.41, 5.74) is 10.2. The molecule has 0 radical (unpaired) electrons. The molecule has 0 aliphatic carbocycles. The van der Waals surface area contributed by atoms with Crippen LogP contribution in [0.3, 0.4) is 0 Å². The molecule has 0 saturated carbocycles. The minimum absolute atomic E-state index is 0.107. The average Bonchev–Trinajstić information content (AvgIpc) is 2.73. The number of amides is 1. The second-order valence-corrected chi connectivity index (χ2v) is 6.10. The van der Waals surface area contributed by atoms with Gasteiger partial charge < -0.3 is 20.3 Å². The van der Waals surface area contributed by atoms with E-state index in [2.05, 4.69) is 25.0 Å². The van der Waals surface area contributed by atoms with Gasteiger partial charge in [0.25, 0.3) is 0 Å². The number of hydrogen-bond acceptors (Lipinski definition) is 8. The first-order chi connectivity index (χ1) is 14.0. The third kappa shape index (κ3) is 4.96. The summed E-state index contributed by atoms with van der Waals surface area (Å²) >= 11 is 0. The maximum atomic E-state index is 11.5. The zero-order chi connectivity index (χ0) is 20.8. The third-order valence-corrected chi connectivity index (χ3v) is 4.03. The summed E-state index contributed by atoms with van der Waals surface area (Å²) in [4.78, 5) is 24.4. The van der Waals surface area contributed by atoms with Crippen LogP contribution in [0.1, 0.15) is 5.69 Å². The van der Waals surface area contributed by atoms with E-state index in [0.29, 0.717) is 28.6 Å². The van der Waals surface area contributed by atoms with E-state index < -0.39 is 6.09 Å². The van der Waals surface area contributed by atoms with Crippen LogP contribution in [0.25, 0.3) is 22.4 Å². The van der Waals surface area contributed by atoms with E-state index in [0.717, 1.165) is 16.8 Å². The second kappa shape index (κ2) is 8.98. The van der Waals surface area contributed by atoms with E-state index in [1.165, 1.54) is 7.11 Å². The number of hydrogen-bond donors (Lipinski definition) is 3. The van der Waals surface area contributed by atoms with E-state index in [4.69, 9.17) is 15.6 Å². The van der Waals surface area contributed by atoms with Gasteiger partial charge >= 0.3 is 6.09 Å². The average molecular weight is 395 g/mol. The highest BCUT2D eigenvalue weighted by Crippen LogP contribution is 2.31. The number of nitrogens with one attached hydrogen (secondary N) is 1. The molecule has 3 aromatic rings. The van der Waals surface area contributed by atoms with Gasteiger partial charge in [-0.3, -0.25) is 10.3 Å². The highest BCUT2D eigenvalue weighted by Gasteiger charge is 2.12. The number of rotatable bonds is 6. The zero-order valence-corrected chi connectivity index (χ0v) is 16.0. The number of aliphatic hydroxyl groups is 1. The normalized spacial score (nSPS) is 10.4. The summed E-state index contributed by atoms with van der Waals surface area (Å²) in [6.45, 7) is 1.85. The smallest absolute Gasteiger partial charge is 0.412 e. The number of aryl methyl sites for hydroxylation is 1. The van der Waals surface area contributed by atoms with Crippen molar-refractivity contribution < 1.29 is 19.4 Å². The lowest BCUT2D eigenvalue weighted by molar-refractivity contribution is 0.187. The van der Waals surface area contributed by atoms with Gasteiger partial charge in [-0.2, -0.15) is 0 Å². The summed E-state index contributed by atoms with van der Waals surface area (Å²) < 4.78 is 10.1. The lowest BCUT2D eigenvalue weighted by Crippen LogP contribution is -2.12. The second-order valence-electron chi connectivity index (χ2n) is 6.10. The molecule has 150 valence electrons. The van der Waals surface area contributed by atoms with Crippen molar-refractivity contribution in [3.05, 3.63) is 48.4 Å². The van der Waals surface area contributed by atoms with Crippen molar-refractivity contribution >= 4 is 17.6 Å². The molecule has 1 amide bonds. The van der Waals surface area contributed by atoms with Crippen molar-refractivity contribution in [1.82, 2.24) is 15.0 Å². The van der Waals surface area contributed by atoms with Crippen molar-refractivity contribution in [2.75, 3.05) is 31.4 Å². The number of ether oxygens (including phenoxy) is 2. The van der Waals surface area contributed by atoms with Gasteiger partial charge in [-0.15, -0.1) is 0 Å². The van der Waals surface area contributed by atoms with Gasteiger partial charge in [-0.05, 0) is 36.8 Å². The molecule has 0 spiro atoms. The summed E-state index contributed by atoms with van der Waals surface area (Å²) in [5.74, 6) is 0.661. The molecule has 0 unspecified atom stereocenters. The standard InChI is InChI=1S/C20H21N5O4/c1-12-16(10-15(21)11-23-12)14-7-17(24-19(9-14)29-6-5-26)13-3-4-22-18(8-13)25-20(27)28-2/h3-4,7-11,26H,5-6,21H2,1-2H3,(H,22,25,27). The van der Waals surface area contributed by atoms with Gasteiger partial charge in [0.15, 0.2) is 0 Å². The number of nitrogens with zero attached hydrogens (tertiary/aromatic N) is 3. The fourth-order valence-corrected chi connectivity index (χ4v) is 2.69. The number of carbonyl (C=O) groups is 1. The first-order valence-electron chi connectivity index (χ1n) is 8.80. The molecule has 4 N–H and O–H groups in total. The van der Waals surface area contributed by atoms with Crippen LogP contribution in [-0.4, -0.2) is 46.5 Å². The van der Waals surface area contributed by atoms with Crippen molar-refractivity contribution in [1.29, 1.82) is 0 Å². The number of aromatic nitrogens is 3. The Hall–Kier alpha value is -3.72. The molecular weight excluding hydrogens is 374 g/mol. The van der Waals surface area contributed by atoms with Crippen molar-refractivity contribution in [2.45, 2.75) is 6.92 Å². The van der Waals surface area contributed by atoms with E-state index in [9.17, 15) is 4.79 Å². The number of nitrogen functional groups attached to an aromatic ring is 1. The Morgan fingerprint density at radius 3 is 2.79 bits per heavy atom. The Morgan fingerprint density at radius 2 is 2.03 bits per heavy atom. The Balaban J connectivity index is 2.07. The van der Waals surface area contributed by atoms with Gasteiger partial charge in [0.05, 0.1) is 31.3 Å². The van der Waals surface area contributed by atoms with Gasteiger partial charge in [0, 0.05) is 29.1 Å². The first kappa shape index (κ1) is 20.0. The van der Waals surface area contributed by atoms with Crippen LogP contribution >= 0.6 is 0 Å². The number of methoxy groups -OCH3 is 1. The molecule has 0 aliphatic rings. The molecule has 29 heavy (non-hydrogen) atoms. The van der Waals surface area contributed by atoms with Gasteiger partial charge in [0.2, 0.25) is 5.88 Å². The summed E-state index contributed by atoms with van der Waals surface area (Å²) in [5, 5.41) is 11.6. The Kier molecular flexibility index (Phi) is 6.20. The van der Waals surface area contributed by atoms with Crippen molar-refractivity contribution in [2.24, 2.45) is 0 Å². The molecule has 3 aromatic heterocycles. The fourth-order valence-electron chi connectivity index (χ4n) is 2.69. The molecule has 3 rings (SSSR count). The topological polar surface area (TPSA) is 132 Å². The molecule has 9 nitrogen and oxygen atoms in total. The molecule has 0 aliphatic heterocycles. The Morgan fingerprint density at radius 1 is 1.21 bits per heavy atom. The lowest BCUT2D eigenvalue weighted by Gasteiger charge is -2.12. The maximum absolute atomic E-state index is 11.5. The molecular formula is C20H21N5O4. The van der Waals surface area contributed by atoms with E-state index in [1.807, 2.05) is 19.1 Å². The van der Waals surface area contributed by atoms with Crippen LogP contribution in [0, 0.1) is 6.92 Å². The largest absolute Gasteiger partial charge is 0.475 e. The number of nitrogens with two attached hydrogens (primary N) is 1. The molecule has 9 heteroatoms. The highest BCUT2D eigenvalue weighted by molar-refractivity contribution is 5.84. The van der Waals surface area contributed by atoms with Crippen LogP contribution in [0.15, 0.2) is 42.7 Å². The molecule has 0 bridgehead atoms. The summed E-state index contributed by atoms with van der Waals surface area (Å²) in [6.07, 6.45) is 2.53. The predicted molar refractivity (Wildman–Crippen MR) is 108 cm³/mol. The summed E-state index contributed by atoms with van der Waals surface area (Å²) in [7, 11) is 1.27. The van der Waals surface area contributed by atoms with Crippen molar-refractivity contribution in [3.63, 3.8) is 0 Å². The maximum Gasteiger partial charge on any atom is 0.412 e.